The van der Waals surface area contributed by atoms with Gasteiger partial charge in [-0.05, 0) is 18.1 Å². The molecule has 0 aliphatic heterocycles. The fraction of sp³-hybridized carbons (Fsp3) is 0.231. The van der Waals surface area contributed by atoms with E-state index in [2.05, 4.69) is 23.7 Å². The summed E-state index contributed by atoms with van der Waals surface area (Å²) in [5.41, 5.74) is 8.30. The van der Waals surface area contributed by atoms with Gasteiger partial charge in [-0.2, -0.15) is 0 Å². The highest BCUT2D eigenvalue weighted by molar-refractivity contribution is 5.83. The van der Waals surface area contributed by atoms with Crippen LogP contribution in [0.25, 0.3) is 10.9 Å². The van der Waals surface area contributed by atoms with Gasteiger partial charge in [-0.3, -0.25) is 0 Å². The molecule has 16 heavy (non-hydrogen) atoms. The van der Waals surface area contributed by atoms with Gasteiger partial charge in [0.2, 0.25) is 0 Å². The van der Waals surface area contributed by atoms with E-state index in [1.807, 2.05) is 18.3 Å². The number of aromatic amines is 1. The van der Waals surface area contributed by atoms with Crippen molar-refractivity contribution in [2.75, 3.05) is 7.11 Å². The fourth-order valence-electron chi connectivity index (χ4n) is 1.80. The Labute approximate surface area is 94.9 Å². The molecule has 2 rings (SSSR count). The van der Waals surface area contributed by atoms with Gasteiger partial charge in [0.15, 0.2) is 0 Å². The zero-order valence-corrected chi connectivity index (χ0v) is 9.36. The largest absolute Gasteiger partial charge is 0.500 e. The van der Waals surface area contributed by atoms with Crippen molar-refractivity contribution in [3.05, 3.63) is 48.4 Å². The zero-order chi connectivity index (χ0) is 11.5. The number of benzene rings is 1. The van der Waals surface area contributed by atoms with Gasteiger partial charge >= 0.3 is 0 Å². The highest BCUT2D eigenvalue weighted by Crippen LogP contribution is 2.19. The van der Waals surface area contributed by atoms with Crippen LogP contribution < -0.4 is 5.73 Å². The van der Waals surface area contributed by atoms with E-state index in [9.17, 15) is 0 Å². The third-order valence-corrected chi connectivity index (χ3v) is 2.79. The normalized spacial score (nSPS) is 12.6. The van der Waals surface area contributed by atoms with Crippen LogP contribution in [-0.4, -0.2) is 18.1 Å². The van der Waals surface area contributed by atoms with E-state index in [1.165, 1.54) is 10.9 Å². The molecule has 2 aromatic rings. The number of rotatable bonds is 4. The number of para-hydroxylation sites is 1. The molecule has 0 amide bonds. The van der Waals surface area contributed by atoms with Gasteiger partial charge in [0, 0.05) is 17.1 Å². The van der Waals surface area contributed by atoms with Crippen molar-refractivity contribution in [3.8, 4) is 0 Å². The number of methoxy groups -OCH3 is 1. The number of hydrogen-bond donors (Lipinski definition) is 2. The average Bonchev–Trinajstić information content (AvgIpc) is 2.72. The first-order valence-corrected chi connectivity index (χ1v) is 5.25. The molecule has 0 unspecified atom stereocenters. The van der Waals surface area contributed by atoms with Gasteiger partial charge in [0.1, 0.15) is 5.76 Å². The molecule has 1 aromatic carbocycles. The first kappa shape index (κ1) is 10.8. The molecule has 0 aliphatic carbocycles. The maximum atomic E-state index is 5.97. The predicted octanol–water partition coefficient (Wildman–Crippen LogP) is 2.20. The molecule has 0 bridgehead atoms. The Hall–Kier alpha value is -1.74. The summed E-state index contributed by atoms with van der Waals surface area (Å²) in [6, 6.07) is 8.01. The molecule has 1 heterocycles. The smallest absolute Gasteiger partial charge is 0.105 e. The quantitative estimate of drug-likeness (QED) is 0.770. The van der Waals surface area contributed by atoms with Crippen LogP contribution in [0.15, 0.2) is 42.8 Å². The molecule has 0 aliphatic rings. The summed E-state index contributed by atoms with van der Waals surface area (Å²) < 4.78 is 5.04. The minimum Gasteiger partial charge on any atom is -0.500 e. The summed E-state index contributed by atoms with van der Waals surface area (Å²) in [6.07, 6.45) is 2.73. The second kappa shape index (κ2) is 4.41. The number of H-pyrrole nitrogens is 1. The Morgan fingerprint density at radius 1 is 1.50 bits per heavy atom. The van der Waals surface area contributed by atoms with E-state index in [-0.39, 0.29) is 6.04 Å². The van der Waals surface area contributed by atoms with Gasteiger partial charge in [-0.25, -0.2) is 0 Å². The summed E-state index contributed by atoms with van der Waals surface area (Å²) >= 11 is 0. The van der Waals surface area contributed by atoms with Crippen LogP contribution in [0.4, 0.5) is 0 Å². The average molecular weight is 216 g/mol. The molecule has 0 saturated heterocycles. The van der Waals surface area contributed by atoms with Crippen LogP contribution in [0.5, 0.6) is 0 Å². The number of hydrogen-bond acceptors (Lipinski definition) is 2. The van der Waals surface area contributed by atoms with E-state index >= 15 is 0 Å². The van der Waals surface area contributed by atoms with E-state index in [0.717, 1.165) is 11.9 Å². The topological polar surface area (TPSA) is 51.0 Å². The lowest BCUT2D eigenvalue weighted by Gasteiger charge is -2.12. The highest BCUT2D eigenvalue weighted by atomic mass is 16.5. The Kier molecular flexibility index (Phi) is 2.97. The van der Waals surface area contributed by atoms with Crippen LogP contribution in [0.2, 0.25) is 0 Å². The van der Waals surface area contributed by atoms with Crippen molar-refractivity contribution in [2.24, 2.45) is 5.73 Å². The predicted molar refractivity (Wildman–Crippen MR) is 66.1 cm³/mol. The maximum Gasteiger partial charge on any atom is 0.105 e. The third-order valence-electron chi connectivity index (χ3n) is 2.79. The molecule has 3 heteroatoms. The Bertz CT molecular complexity index is 501. The summed E-state index contributed by atoms with van der Waals surface area (Å²) in [6.45, 7) is 3.78. The lowest BCUT2D eigenvalue weighted by Crippen LogP contribution is -2.25. The minimum atomic E-state index is -0.163. The molecule has 1 atom stereocenters. The summed E-state index contributed by atoms with van der Waals surface area (Å²) in [5, 5.41) is 1.21. The monoisotopic (exact) mass is 216 g/mol. The first-order valence-electron chi connectivity index (χ1n) is 5.25. The maximum absolute atomic E-state index is 5.97. The Morgan fingerprint density at radius 2 is 2.25 bits per heavy atom. The molecular formula is C13H16N2O. The van der Waals surface area contributed by atoms with Gasteiger partial charge in [0.25, 0.3) is 0 Å². The van der Waals surface area contributed by atoms with Gasteiger partial charge in [0.05, 0.1) is 13.2 Å². The lowest BCUT2D eigenvalue weighted by molar-refractivity contribution is 0.266. The molecule has 1 aromatic heterocycles. The molecule has 84 valence electrons. The summed E-state index contributed by atoms with van der Waals surface area (Å²) in [7, 11) is 1.59. The summed E-state index contributed by atoms with van der Waals surface area (Å²) in [5.74, 6) is 0.616. The van der Waals surface area contributed by atoms with Crippen LogP contribution in [-0.2, 0) is 11.2 Å². The van der Waals surface area contributed by atoms with E-state index < -0.39 is 0 Å². The van der Waals surface area contributed by atoms with Crippen LogP contribution in [0, 0.1) is 0 Å². The van der Waals surface area contributed by atoms with Crippen LogP contribution >= 0.6 is 0 Å². The second-order valence-corrected chi connectivity index (χ2v) is 3.84. The summed E-state index contributed by atoms with van der Waals surface area (Å²) in [4.78, 5) is 3.22. The van der Waals surface area contributed by atoms with Gasteiger partial charge < -0.3 is 15.5 Å². The molecular weight excluding hydrogens is 200 g/mol. The van der Waals surface area contributed by atoms with Crippen molar-refractivity contribution in [1.29, 1.82) is 0 Å². The standard InChI is InChI=1S/C13H16N2O/c1-9(16-2)12(14)7-10-8-15-13-6-4-3-5-11(10)13/h3-6,8,12,15H,1,7,14H2,2H3/t12-/m0/s1. The number of nitrogens with one attached hydrogen (secondary N) is 1. The number of aromatic nitrogens is 1. The zero-order valence-electron chi connectivity index (χ0n) is 9.36. The molecule has 0 fully saturated rings. The number of ether oxygens (including phenoxy) is 1. The lowest BCUT2D eigenvalue weighted by atomic mass is 10.0. The van der Waals surface area contributed by atoms with E-state index in [1.54, 1.807) is 7.11 Å². The first-order chi connectivity index (χ1) is 7.72. The molecule has 3 N–H and O–H groups in total. The Balaban J connectivity index is 2.24. The van der Waals surface area contributed by atoms with Gasteiger partial charge in [-0.1, -0.05) is 24.8 Å². The molecule has 0 saturated carbocycles. The van der Waals surface area contributed by atoms with Gasteiger partial charge in [-0.15, -0.1) is 0 Å². The van der Waals surface area contributed by atoms with Crippen molar-refractivity contribution in [2.45, 2.75) is 12.5 Å². The molecule has 0 radical (unpaired) electrons. The number of nitrogens with two attached hydrogens (primary N) is 1. The van der Waals surface area contributed by atoms with Crippen LogP contribution in [0.3, 0.4) is 0 Å². The molecule has 0 spiro atoms. The second-order valence-electron chi connectivity index (χ2n) is 3.84. The van der Waals surface area contributed by atoms with E-state index in [0.29, 0.717) is 5.76 Å². The SMILES string of the molecule is C=C(OC)[C@@H](N)Cc1c[nH]c2ccccc12. The fourth-order valence-corrected chi connectivity index (χ4v) is 1.80. The van der Waals surface area contributed by atoms with Crippen molar-refractivity contribution >= 4 is 10.9 Å². The molecule has 3 nitrogen and oxygen atoms in total. The van der Waals surface area contributed by atoms with Crippen molar-refractivity contribution < 1.29 is 4.74 Å². The minimum absolute atomic E-state index is 0.163. The Morgan fingerprint density at radius 3 is 3.00 bits per heavy atom. The van der Waals surface area contributed by atoms with Crippen molar-refractivity contribution in [1.82, 2.24) is 4.98 Å². The van der Waals surface area contributed by atoms with Crippen molar-refractivity contribution in [3.63, 3.8) is 0 Å². The van der Waals surface area contributed by atoms with E-state index in [4.69, 9.17) is 10.5 Å². The van der Waals surface area contributed by atoms with Crippen LogP contribution in [0.1, 0.15) is 5.56 Å². The highest BCUT2D eigenvalue weighted by Gasteiger charge is 2.11. The third kappa shape index (κ3) is 1.95. The number of fused-ring (bicyclic) bond motifs is 1.